The second-order valence-electron chi connectivity index (χ2n) is 2.61. The Bertz CT molecular complexity index is 305. The lowest BCUT2D eigenvalue weighted by molar-refractivity contribution is 0.721. The normalized spacial score (nSPS) is 12.7. The van der Waals surface area contributed by atoms with Gasteiger partial charge in [0.25, 0.3) is 5.56 Å². The summed E-state index contributed by atoms with van der Waals surface area (Å²) in [5.74, 6) is 0. The largest absolute Gasteiger partial charge is 0.412 e. The third-order valence-electron chi connectivity index (χ3n) is 1.95. The standard InChI is InChI=1S/C8H9NO.2H2O/c10-8-5-1-3-7-4-2-6-9(7)8;;/h1,3,5H,2,4,6H2;2*1H2. The first kappa shape index (κ1) is 10.9. The van der Waals surface area contributed by atoms with E-state index < -0.39 is 0 Å². The Labute approximate surface area is 70.1 Å². The molecule has 0 fully saturated rings. The summed E-state index contributed by atoms with van der Waals surface area (Å²) in [6.45, 7) is 0.912. The third kappa shape index (κ3) is 1.54. The molecule has 1 aromatic rings. The third-order valence-corrected chi connectivity index (χ3v) is 1.95. The van der Waals surface area contributed by atoms with Crippen LogP contribution in [0.5, 0.6) is 0 Å². The first-order valence-corrected chi connectivity index (χ1v) is 3.57. The van der Waals surface area contributed by atoms with E-state index in [0.29, 0.717) is 0 Å². The van der Waals surface area contributed by atoms with Gasteiger partial charge < -0.3 is 15.5 Å². The quantitative estimate of drug-likeness (QED) is 0.500. The highest BCUT2D eigenvalue weighted by Gasteiger charge is 2.08. The van der Waals surface area contributed by atoms with E-state index in [1.807, 2.05) is 16.7 Å². The predicted molar refractivity (Wildman–Crippen MR) is 46.3 cm³/mol. The summed E-state index contributed by atoms with van der Waals surface area (Å²) in [5, 5.41) is 0. The lowest BCUT2D eigenvalue weighted by atomic mass is 10.3. The van der Waals surface area contributed by atoms with Gasteiger partial charge >= 0.3 is 0 Å². The number of pyridine rings is 1. The summed E-state index contributed by atoms with van der Waals surface area (Å²) in [5.41, 5.74) is 1.34. The van der Waals surface area contributed by atoms with Crippen molar-refractivity contribution in [3.63, 3.8) is 0 Å². The average Bonchev–Trinajstić information content (AvgIpc) is 2.36. The van der Waals surface area contributed by atoms with Gasteiger partial charge in [-0.2, -0.15) is 0 Å². The molecule has 4 N–H and O–H groups in total. The number of aryl methyl sites for hydroxylation is 1. The highest BCUT2D eigenvalue weighted by Crippen LogP contribution is 2.09. The molecule has 2 heterocycles. The average molecular weight is 171 g/mol. The van der Waals surface area contributed by atoms with E-state index in [9.17, 15) is 4.79 Å². The monoisotopic (exact) mass is 171 g/mol. The molecule has 0 saturated heterocycles. The molecule has 12 heavy (non-hydrogen) atoms. The van der Waals surface area contributed by atoms with Crippen LogP contribution in [0.25, 0.3) is 0 Å². The van der Waals surface area contributed by atoms with Crippen LogP contribution >= 0.6 is 0 Å². The fraction of sp³-hybridized carbons (Fsp3) is 0.375. The van der Waals surface area contributed by atoms with Crippen LogP contribution in [0.3, 0.4) is 0 Å². The molecule has 0 aliphatic carbocycles. The molecule has 0 unspecified atom stereocenters. The molecule has 0 amide bonds. The van der Waals surface area contributed by atoms with E-state index in [1.54, 1.807) is 6.07 Å². The van der Waals surface area contributed by atoms with Crippen molar-refractivity contribution in [1.82, 2.24) is 4.57 Å². The molecule has 1 aliphatic heterocycles. The van der Waals surface area contributed by atoms with E-state index in [0.717, 1.165) is 19.4 Å². The molecule has 4 heteroatoms. The van der Waals surface area contributed by atoms with Gasteiger partial charge in [-0.1, -0.05) is 6.07 Å². The SMILES string of the molecule is O.O.O=c1cccc2n1CCC2. The van der Waals surface area contributed by atoms with Crippen molar-refractivity contribution < 1.29 is 11.0 Å². The number of fused-ring (bicyclic) bond motifs is 1. The van der Waals surface area contributed by atoms with Gasteiger partial charge in [0, 0.05) is 18.3 Å². The van der Waals surface area contributed by atoms with E-state index >= 15 is 0 Å². The molecule has 1 aliphatic rings. The summed E-state index contributed by atoms with van der Waals surface area (Å²) >= 11 is 0. The molecule has 0 atom stereocenters. The molecule has 0 saturated carbocycles. The molecule has 1 aromatic heterocycles. The van der Waals surface area contributed by atoms with Crippen LogP contribution < -0.4 is 5.56 Å². The summed E-state index contributed by atoms with van der Waals surface area (Å²) in [6.07, 6.45) is 2.19. The van der Waals surface area contributed by atoms with Crippen LogP contribution in [0, 0.1) is 0 Å². The highest BCUT2D eigenvalue weighted by molar-refractivity contribution is 5.09. The molecule has 2 rings (SSSR count). The van der Waals surface area contributed by atoms with Gasteiger partial charge in [0.1, 0.15) is 0 Å². The van der Waals surface area contributed by atoms with Crippen LogP contribution in [0.15, 0.2) is 23.0 Å². The Hall–Kier alpha value is -1.13. The Morgan fingerprint density at radius 1 is 1.25 bits per heavy atom. The van der Waals surface area contributed by atoms with Gasteiger partial charge in [0.15, 0.2) is 0 Å². The van der Waals surface area contributed by atoms with Crippen LogP contribution in [0.4, 0.5) is 0 Å². The van der Waals surface area contributed by atoms with Crippen molar-refractivity contribution in [3.8, 4) is 0 Å². The first-order valence-electron chi connectivity index (χ1n) is 3.57. The predicted octanol–water partition coefficient (Wildman–Crippen LogP) is -0.855. The molecular weight excluding hydrogens is 158 g/mol. The Kier molecular flexibility index (Phi) is 3.66. The first-order chi connectivity index (χ1) is 4.88. The van der Waals surface area contributed by atoms with Gasteiger partial charge in [-0.3, -0.25) is 4.79 Å². The Balaban J connectivity index is 0.000000605. The second-order valence-corrected chi connectivity index (χ2v) is 2.61. The minimum Gasteiger partial charge on any atom is -0.412 e. The van der Waals surface area contributed by atoms with Crippen molar-refractivity contribution >= 4 is 0 Å². The smallest absolute Gasteiger partial charge is 0.250 e. The molecule has 0 bridgehead atoms. The van der Waals surface area contributed by atoms with Crippen LogP contribution in [0.2, 0.25) is 0 Å². The Morgan fingerprint density at radius 3 is 2.67 bits per heavy atom. The van der Waals surface area contributed by atoms with Crippen molar-refractivity contribution in [2.45, 2.75) is 19.4 Å². The topological polar surface area (TPSA) is 85.0 Å². The minimum absolute atomic E-state index is 0. The maximum absolute atomic E-state index is 11.1. The van der Waals surface area contributed by atoms with Crippen LogP contribution in [0.1, 0.15) is 12.1 Å². The van der Waals surface area contributed by atoms with Crippen LogP contribution in [-0.4, -0.2) is 15.5 Å². The number of rotatable bonds is 0. The zero-order valence-corrected chi connectivity index (χ0v) is 6.71. The van der Waals surface area contributed by atoms with Gasteiger partial charge in [0.05, 0.1) is 0 Å². The maximum atomic E-state index is 11.1. The fourth-order valence-corrected chi connectivity index (χ4v) is 1.45. The zero-order chi connectivity index (χ0) is 6.97. The zero-order valence-electron chi connectivity index (χ0n) is 6.71. The van der Waals surface area contributed by atoms with Gasteiger partial charge in [0.2, 0.25) is 0 Å². The molecule has 68 valence electrons. The van der Waals surface area contributed by atoms with Gasteiger partial charge in [-0.15, -0.1) is 0 Å². The van der Waals surface area contributed by atoms with Gasteiger partial charge in [-0.05, 0) is 18.9 Å². The Morgan fingerprint density at radius 2 is 2.00 bits per heavy atom. The lowest BCUT2D eigenvalue weighted by Crippen LogP contribution is -2.16. The van der Waals surface area contributed by atoms with E-state index in [-0.39, 0.29) is 16.5 Å². The number of nitrogens with zero attached hydrogens (tertiary/aromatic N) is 1. The lowest BCUT2D eigenvalue weighted by Gasteiger charge is -1.98. The summed E-state index contributed by atoms with van der Waals surface area (Å²) in [6, 6.07) is 5.47. The number of aromatic nitrogens is 1. The van der Waals surface area contributed by atoms with Crippen molar-refractivity contribution in [3.05, 3.63) is 34.2 Å². The fourth-order valence-electron chi connectivity index (χ4n) is 1.45. The van der Waals surface area contributed by atoms with Crippen molar-refractivity contribution in [2.24, 2.45) is 0 Å². The van der Waals surface area contributed by atoms with Gasteiger partial charge in [-0.25, -0.2) is 0 Å². The molecule has 4 nitrogen and oxygen atoms in total. The molecule has 0 spiro atoms. The summed E-state index contributed by atoms with van der Waals surface area (Å²) < 4.78 is 1.85. The number of hydrogen-bond donors (Lipinski definition) is 0. The van der Waals surface area contributed by atoms with E-state index in [2.05, 4.69) is 0 Å². The molecular formula is C8H13NO3. The summed E-state index contributed by atoms with van der Waals surface area (Å²) in [4.78, 5) is 11.1. The number of hydrogen-bond acceptors (Lipinski definition) is 1. The van der Waals surface area contributed by atoms with E-state index in [4.69, 9.17) is 0 Å². The maximum Gasteiger partial charge on any atom is 0.250 e. The highest BCUT2D eigenvalue weighted by atomic mass is 16.1. The second kappa shape index (κ2) is 4.04. The van der Waals surface area contributed by atoms with Crippen molar-refractivity contribution in [2.75, 3.05) is 0 Å². The van der Waals surface area contributed by atoms with Crippen LogP contribution in [-0.2, 0) is 13.0 Å². The summed E-state index contributed by atoms with van der Waals surface area (Å²) in [7, 11) is 0. The van der Waals surface area contributed by atoms with Crippen molar-refractivity contribution in [1.29, 1.82) is 0 Å². The molecule has 0 aromatic carbocycles. The molecule has 0 radical (unpaired) electrons. The van der Waals surface area contributed by atoms with E-state index in [1.165, 1.54) is 5.69 Å². The minimum atomic E-state index is 0.